The van der Waals surface area contributed by atoms with Gasteiger partial charge in [-0.1, -0.05) is 48.9 Å². The largest absolute Gasteiger partial charge is 0.392 e. The van der Waals surface area contributed by atoms with Crippen LogP contribution in [0.25, 0.3) is 11.1 Å². The average molecular weight is 349 g/mol. The van der Waals surface area contributed by atoms with E-state index in [1.165, 1.54) is 5.56 Å². The van der Waals surface area contributed by atoms with Crippen molar-refractivity contribution in [2.45, 2.75) is 45.1 Å². The molecular weight excluding hydrogens is 322 g/mol. The second-order valence-electron chi connectivity index (χ2n) is 7.96. The maximum absolute atomic E-state index is 13.4. The Labute approximate surface area is 155 Å². The van der Waals surface area contributed by atoms with Crippen molar-refractivity contribution < 1.29 is 9.90 Å². The summed E-state index contributed by atoms with van der Waals surface area (Å²) in [6.45, 7) is 3.56. The van der Waals surface area contributed by atoms with Crippen LogP contribution in [0.3, 0.4) is 0 Å². The van der Waals surface area contributed by atoms with Crippen molar-refractivity contribution in [2.24, 2.45) is 5.41 Å². The third kappa shape index (κ3) is 2.95. The van der Waals surface area contributed by atoms with E-state index in [1.54, 1.807) is 0 Å². The van der Waals surface area contributed by atoms with Gasteiger partial charge in [0.1, 0.15) is 0 Å². The monoisotopic (exact) mass is 349 g/mol. The SMILES string of the molecule is Cc1ccccc1-c1ccccc1C(=O)N1CCC[C@]2(CCC[C@H]2O)C1. The molecule has 1 aliphatic heterocycles. The number of benzene rings is 2. The van der Waals surface area contributed by atoms with Crippen LogP contribution in [0.1, 0.15) is 48.0 Å². The van der Waals surface area contributed by atoms with Gasteiger partial charge in [-0.25, -0.2) is 0 Å². The Balaban J connectivity index is 1.66. The molecule has 1 N–H and O–H groups in total. The number of hydrogen-bond acceptors (Lipinski definition) is 2. The van der Waals surface area contributed by atoms with Gasteiger partial charge in [-0.15, -0.1) is 0 Å². The van der Waals surface area contributed by atoms with E-state index >= 15 is 0 Å². The fraction of sp³-hybridized carbons (Fsp3) is 0.435. The Bertz CT molecular complexity index is 815. The molecule has 2 atom stereocenters. The highest BCUT2D eigenvalue weighted by Crippen LogP contribution is 2.45. The minimum absolute atomic E-state index is 0.0779. The molecule has 0 bridgehead atoms. The van der Waals surface area contributed by atoms with Gasteiger partial charge < -0.3 is 10.0 Å². The molecule has 1 saturated heterocycles. The number of carbonyl (C=O) groups excluding carboxylic acids is 1. The van der Waals surface area contributed by atoms with Crippen molar-refractivity contribution in [2.75, 3.05) is 13.1 Å². The maximum Gasteiger partial charge on any atom is 0.254 e. The van der Waals surface area contributed by atoms with Crippen molar-refractivity contribution in [3.05, 3.63) is 59.7 Å². The van der Waals surface area contributed by atoms with Crippen LogP contribution in [-0.2, 0) is 0 Å². The van der Waals surface area contributed by atoms with Gasteiger partial charge in [0.15, 0.2) is 0 Å². The number of aliphatic hydroxyl groups is 1. The van der Waals surface area contributed by atoms with Gasteiger partial charge in [0.05, 0.1) is 6.10 Å². The molecule has 1 amide bonds. The molecule has 2 aromatic rings. The smallest absolute Gasteiger partial charge is 0.254 e. The van der Waals surface area contributed by atoms with Crippen LogP contribution in [-0.4, -0.2) is 35.1 Å². The average Bonchev–Trinajstić information content (AvgIpc) is 3.01. The third-order valence-corrected chi connectivity index (χ3v) is 6.35. The standard InChI is InChI=1S/C23H27NO2/c1-17-8-2-3-9-18(17)19-10-4-5-11-20(19)22(26)24-15-7-14-23(16-24)13-6-12-21(23)25/h2-5,8-11,21,25H,6-7,12-16H2,1H3/t21-,23-/m1/s1. The van der Waals surface area contributed by atoms with E-state index in [4.69, 9.17) is 0 Å². The first-order chi connectivity index (χ1) is 12.6. The van der Waals surface area contributed by atoms with Crippen LogP contribution in [0.5, 0.6) is 0 Å². The zero-order valence-electron chi connectivity index (χ0n) is 15.4. The number of nitrogens with zero attached hydrogens (tertiary/aromatic N) is 1. The summed E-state index contributed by atoms with van der Waals surface area (Å²) >= 11 is 0. The Morgan fingerprint density at radius 2 is 1.73 bits per heavy atom. The summed E-state index contributed by atoms with van der Waals surface area (Å²) in [5, 5.41) is 10.5. The van der Waals surface area contributed by atoms with Gasteiger partial charge in [-0.3, -0.25) is 4.79 Å². The van der Waals surface area contributed by atoms with E-state index < -0.39 is 0 Å². The van der Waals surface area contributed by atoms with Crippen molar-refractivity contribution in [3.63, 3.8) is 0 Å². The molecule has 1 spiro atoms. The predicted octanol–water partition coefficient (Wildman–Crippen LogP) is 4.43. The number of carbonyl (C=O) groups is 1. The first-order valence-electron chi connectivity index (χ1n) is 9.73. The summed E-state index contributed by atoms with van der Waals surface area (Å²) in [7, 11) is 0. The summed E-state index contributed by atoms with van der Waals surface area (Å²) < 4.78 is 0. The molecule has 1 saturated carbocycles. The normalized spacial score (nSPS) is 25.6. The first kappa shape index (κ1) is 17.3. The summed E-state index contributed by atoms with van der Waals surface area (Å²) in [6, 6.07) is 16.1. The minimum Gasteiger partial charge on any atom is -0.392 e. The number of amides is 1. The number of aryl methyl sites for hydroxylation is 1. The minimum atomic E-state index is -0.260. The molecule has 3 nitrogen and oxygen atoms in total. The summed E-state index contributed by atoms with van der Waals surface area (Å²) in [6.07, 6.45) is 4.75. The molecule has 2 aliphatic rings. The molecule has 2 fully saturated rings. The number of piperidine rings is 1. The number of hydrogen-bond donors (Lipinski definition) is 1. The Hall–Kier alpha value is -2.13. The first-order valence-corrected chi connectivity index (χ1v) is 9.73. The van der Waals surface area contributed by atoms with Crippen LogP contribution in [0.4, 0.5) is 0 Å². The van der Waals surface area contributed by atoms with E-state index in [9.17, 15) is 9.90 Å². The second-order valence-corrected chi connectivity index (χ2v) is 7.96. The molecule has 136 valence electrons. The Morgan fingerprint density at radius 1 is 1.04 bits per heavy atom. The van der Waals surface area contributed by atoms with E-state index in [2.05, 4.69) is 19.1 Å². The Kier molecular flexibility index (Phi) is 4.58. The lowest BCUT2D eigenvalue weighted by Crippen LogP contribution is -2.49. The molecule has 1 aliphatic carbocycles. The van der Waals surface area contributed by atoms with Crippen LogP contribution in [0, 0.1) is 12.3 Å². The Morgan fingerprint density at radius 3 is 2.46 bits per heavy atom. The van der Waals surface area contributed by atoms with E-state index in [0.717, 1.165) is 55.3 Å². The summed E-state index contributed by atoms with van der Waals surface area (Å²) in [4.78, 5) is 15.4. The van der Waals surface area contributed by atoms with Crippen LogP contribution >= 0.6 is 0 Å². The van der Waals surface area contributed by atoms with Gasteiger partial charge in [-0.2, -0.15) is 0 Å². The highest BCUT2D eigenvalue weighted by molar-refractivity contribution is 6.01. The molecule has 26 heavy (non-hydrogen) atoms. The number of likely N-dealkylation sites (tertiary alicyclic amines) is 1. The molecule has 0 radical (unpaired) electrons. The van der Waals surface area contributed by atoms with Crippen molar-refractivity contribution in [3.8, 4) is 11.1 Å². The van der Waals surface area contributed by atoms with Gasteiger partial charge in [-0.05, 0) is 55.4 Å². The molecule has 1 heterocycles. The van der Waals surface area contributed by atoms with Crippen molar-refractivity contribution in [1.29, 1.82) is 0 Å². The zero-order valence-corrected chi connectivity index (χ0v) is 15.4. The van der Waals surface area contributed by atoms with Gasteiger partial charge in [0, 0.05) is 24.1 Å². The van der Waals surface area contributed by atoms with Crippen LogP contribution in [0.15, 0.2) is 48.5 Å². The van der Waals surface area contributed by atoms with Crippen LogP contribution < -0.4 is 0 Å². The topological polar surface area (TPSA) is 40.5 Å². The molecule has 2 aromatic carbocycles. The lowest BCUT2D eigenvalue weighted by atomic mass is 9.76. The lowest BCUT2D eigenvalue weighted by molar-refractivity contribution is -0.00533. The van der Waals surface area contributed by atoms with E-state index in [1.807, 2.05) is 41.3 Å². The summed E-state index contributed by atoms with van der Waals surface area (Å²) in [5.74, 6) is 0.0991. The van der Waals surface area contributed by atoms with E-state index in [0.29, 0.717) is 6.54 Å². The maximum atomic E-state index is 13.4. The lowest BCUT2D eigenvalue weighted by Gasteiger charge is -2.42. The van der Waals surface area contributed by atoms with Crippen molar-refractivity contribution in [1.82, 2.24) is 4.90 Å². The fourth-order valence-corrected chi connectivity index (χ4v) is 4.88. The second kappa shape index (κ2) is 6.88. The molecule has 3 heteroatoms. The molecule has 4 rings (SSSR count). The van der Waals surface area contributed by atoms with Gasteiger partial charge >= 0.3 is 0 Å². The fourth-order valence-electron chi connectivity index (χ4n) is 4.88. The summed E-state index contributed by atoms with van der Waals surface area (Å²) in [5.41, 5.74) is 3.98. The van der Waals surface area contributed by atoms with Gasteiger partial charge in [0.25, 0.3) is 5.91 Å². The van der Waals surface area contributed by atoms with Crippen molar-refractivity contribution >= 4 is 5.91 Å². The predicted molar refractivity (Wildman–Crippen MR) is 104 cm³/mol. The van der Waals surface area contributed by atoms with Gasteiger partial charge in [0.2, 0.25) is 0 Å². The highest BCUT2D eigenvalue weighted by Gasteiger charge is 2.45. The third-order valence-electron chi connectivity index (χ3n) is 6.35. The highest BCUT2D eigenvalue weighted by atomic mass is 16.3. The number of aliphatic hydroxyl groups excluding tert-OH is 1. The number of rotatable bonds is 2. The van der Waals surface area contributed by atoms with Crippen LogP contribution in [0.2, 0.25) is 0 Å². The molecule has 0 unspecified atom stereocenters. The quantitative estimate of drug-likeness (QED) is 0.871. The van der Waals surface area contributed by atoms with E-state index in [-0.39, 0.29) is 17.4 Å². The molecular formula is C23H27NO2. The zero-order chi connectivity index (χ0) is 18.1. The molecule has 0 aromatic heterocycles.